The van der Waals surface area contributed by atoms with E-state index in [-0.39, 0.29) is 23.7 Å². The second-order valence-electron chi connectivity index (χ2n) is 5.98. The van der Waals surface area contributed by atoms with Crippen molar-refractivity contribution < 1.29 is 29.0 Å². The minimum Gasteiger partial charge on any atom is -0.469 e. The molecular formula is C16H27BrO6. The largest absolute Gasteiger partial charge is 0.469 e. The predicted molar refractivity (Wildman–Crippen MR) is 89.2 cm³/mol. The third-order valence-corrected chi connectivity index (χ3v) is 4.13. The van der Waals surface area contributed by atoms with Gasteiger partial charge in [0.25, 0.3) is 0 Å². The fourth-order valence-electron chi connectivity index (χ4n) is 1.76. The molecule has 23 heavy (non-hydrogen) atoms. The maximum atomic E-state index is 10.8. The zero-order chi connectivity index (χ0) is 18.0. The van der Waals surface area contributed by atoms with Gasteiger partial charge in [-0.25, -0.2) is 0 Å². The second kappa shape index (κ2) is 10.8. The first-order chi connectivity index (χ1) is 10.7. The number of methoxy groups -OCH3 is 2. The highest BCUT2D eigenvalue weighted by Gasteiger charge is 2.41. The van der Waals surface area contributed by atoms with Crippen LogP contribution in [0.25, 0.3) is 0 Å². The van der Waals surface area contributed by atoms with E-state index < -0.39 is 5.60 Å². The Kier molecular flexibility index (Phi) is 10.3. The number of alkyl halides is 1. The fraction of sp³-hybridized carbons (Fsp3) is 0.812. The van der Waals surface area contributed by atoms with Crippen molar-refractivity contribution in [1.82, 2.24) is 0 Å². The van der Waals surface area contributed by atoms with E-state index >= 15 is 0 Å². The average molecular weight is 395 g/mol. The fourth-order valence-corrected chi connectivity index (χ4v) is 1.99. The predicted octanol–water partition coefficient (Wildman–Crippen LogP) is 2.25. The third-order valence-electron chi connectivity index (χ3n) is 3.68. The zero-order valence-electron chi connectivity index (χ0n) is 14.3. The number of Topliss-reactive ketones (excluding diaryl/α,β-unsaturated/α-hetero) is 1. The Morgan fingerprint density at radius 2 is 1.57 bits per heavy atom. The molecule has 0 amide bonds. The summed E-state index contributed by atoms with van der Waals surface area (Å²) >= 11 is 2.90. The molecule has 1 N–H and O–H groups in total. The molecule has 0 aliphatic heterocycles. The van der Waals surface area contributed by atoms with E-state index in [2.05, 4.69) is 25.4 Å². The minimum absolute atomic E-state index is 0.119. The molecule has 2 fully saturated rings. The van der Waals surface area contributed by atoms with Gasteiger partial charge in [-0.15, -0.1) is 0 Å². The lowest BCUT2D eigenvalue weighted by molar-refractivity contribution is -0.146. The highest BCUT2D eigenvalue weighted by molar-refractivity contribution is 9.09. The Hall–Kier alpha value is -0.950. The lowest BCUT2D eigenvalue weighted by Gasteiger charge is -2.20. The Morgan fingerprint density at radius 3 is 1.74 bits per heavy atom. The molecule has 2 rings (SSSR count). The quantitative estimate of drug-likeness (QED) is 0.567. The Labute approximate surface area is 146 Å². The van der Waals surface area contributed by atoms with Gasteiger partial charge in [-0.05, 0) is 45.4 Å². The van der Waals surface area contributed by atoms with Crippen LogP contribution in [0.5, 0.6) is 0 Å². The van der Waals surface area contributed by atoms with Crippen LogP contribution in [0.1, 0.15) is 46.0 Å². The standard InChI is InChI=1S/C8H14O3.C5H8O.C3H5BrO2/c1-8(10,6-3-4-6)5-7(9)11-2;1-4(6)5-2-3-5;1-6-3(5)2-4/h6,10H,3-5H2,1-2H3;5H,2-3H2,1H3;2H2,1H3. The molecule has 6 nitrogen and oxygen atoms in total. The van der Waals surface area contributed by atoms with Crippen LogP contribution in [-0.4, -0.2) is 48.0 Å². The number of hydrogen-bond donors (Lipinski definition) is 1. The van der Waals surface area contributed by atoms with Crippen LogP contribution >= 0.6 is 15.9 Å². The van der Waals surface area contributed by atoms with Gasteiger partial charge in [-0.1, -0.05) is 15.9 Å². The number of hydrogen-bond acceptors (Lipinski definition) is 6. The first kappa shape index (κ1) is 22.1. The van der Waals surface area contributed by atoms with Gasteiger partial charge >= 0.3 is 11.9 Å². The summed E-state index contributed by atoms with van der Waals surface area (Å²) in [4.78, 5) is 30.9. The average Bonchev–Trinajstić information content (AvgIpc) is 3.36. The van der Waals surface area contributed by atoms with Crippen molar-refractivity contribution >= 4 is 33.7 Å². The van der Waals surface area contributed by atoms with Crippen LogP contribution in [0.15, 0.2) is 0 Å². The van der Waals surface area contributed by atoms with Crippen molar-refractivity contribution in [2.24, 2.45) is 11.8 Å². The summed E-state index contributed by atoms with van der Waals surface area (Å²) in [5.74, 6) is 0.568. The van der Waals surface area contributed by atoms with E-state index in [4.69, 9.17) is 0 Å². The van der Waals surface area contributed by atoms with Crippen molar-refractivity contribution in [3.8, 4) is 0 Å². The Balaban J connectivity index is 0.000000344. The molecular weight excluding hydrogens is 368 g/mol. The van der Waals surface area contributed by atoms with Gasteiger partial charge in [0.05, 0.1) is 26.2 Å². The number of carbonyl (C=O) groups excluding carboxylic acids is 3. The van der Waals surface area contributed by atoms with Crippen molar-refractivity contribution in [2.45, 2.75) is 51.6 Å². The summed E-state index contributed by atoms with van der Waals surface area (Å²) in [6, 6.07) is 0. The van der Waals surface area contributed by atoms with Gasteiger partial charge < -0.3 is 14.6 Å². The lowest BCUT2D eigenvalue weighted by atomic mass is 9.97. The topological polar surface area (TPSA) is 89.9 Å². The Morgan fingerprint density at radius 1 is 1.09 bits per heavy atom. The highest BCUT2D eigenvalue weighted by Crippen LogP contribution is 2.41. The summed E-state index contributed by atoms with van der Waals surface area (Å²) in [6.45, 7) is 3.36. The maximum absolute atomic E-state index is 10.8. The number of esters is 2. The molecule has 7 heteroatoms. The smallest absolute Gasteiger partial charge is 0.316 e. The summed E-state index contributed by atoms with van der Waals surface area (Å²) in [7, 11) is 2.69. The molecule has 0 aromatic rings. The summed E-state index contributed by atoms with van der Waals surface area (Å²) < 4.78 is 8.68. The van der Waals surface area contributed by atoms with Crippen LogP contribution in [0.4, 0.5) is 0 Å². The highest BCUT2D eigenvalue weighted by atomic mass is 79.9. The SMILES string of the molecule is CC(=O)C1CC1.COC(=O)CBr.COC(=O)CC(C)(O)C1CC1. The number of carbonyl (C=O) groups is 3. The summed E-state index contributed by atoms with van der Waals surface area (Å²) in [6.07, 6.45) is 4.48. The second-order valence-corrected chi connectivity index (χ2v) is 6.54. The molecule has 2 aliphatic carbocycles. The first-order valence-electron chi connectivity index (χ1n) is 7.60. The number of rotatable bonds is 5. The van der Waals surface area contributed by atoms with E-state index in [1.54, 1.807) is 13.8 Å². The molecule has 0 aromatic carbocycles. The van der Waals surface area contributed by atoms with Gasteiger partial charge in [0.1, 0.15) is 11.1 Å². The molecule has 0 radical (unpaired) electrons. The van der Waals surface area contributed by atoms with Crippen LogP contribution in [0.2, 0.25) is 0 Å². The van der Waals surface area contributed by atoms with Crippen molar-refractivity contribution in [1.29, 1.82) is 0 Å². The third kappa shape index (κ3) is 11.3. The lowest BCUT2D eigenvalue weighted by Crippen LogP contribution is -2.30. The van der Waals surface area contributed by atoms with Crippen LogP contribution in [0.3, 0.4) is 0 Å². The monoisotopic (exact) mass is 394 g/mol. The minimum atomic E-state index is -0.840. The molecule has 1 unspecified atom stereocenters. The van der Waals surface area contributed by atoms with Crippen molar-refractivity contribution in [2.75, 3.05) is 19.5 Å². The number of halogens is 1. The van der Waals surface area contributed by atoms with Gasteiger partial charge in [0.15, 0.2) is 0 Å². The van der Waals surface area contributed by atoms with Gasteiger partial charge in [0, 0.05) is 5.92 Å². The first-order valence-corrected chi connectivity index (χ1v) is 8.72. The summed E-state index contributed by atoms with van der Waals surface area (Å²) in [5.41, 5.74) is -0.840. The molecule has 0 bridgehead atoms. The number of ketones is 1. The van der Waals surface area contributed by atoms with E-state index in [1.807, 2.05) is 0 Å². The molecule has 0 saturated heterocycles. The molecule has 134 valence electrons. The van der Waals surface area contributed by atoms with E-state index in [0.717, 1.165) is 25.7 Å². The molecule has 0 heterocycles. The van der Waals surface area contributed by atoms with Crippen LogP contribution in [-0.2, 0) is 23.9 Å². The van der Waals surface area contributed by atoms with E-state index in [0.29, 0.717) is 17.6 Å². The van der Waals surface area contributed by atoms with Crippen molar-refractivity contribution in [3.63, 3.8) is 0 Å². The summed E-state index contributed by atoms with van der Waals surface area (Å²) in [5, 5.41) is 9.94. The van der Waals surface area contributed by atoms with Crippen LogP contribution in [0, 0.1) is 11.8 Å². The number of aliphatic hydroxyl groups is 1. The number of ether oxygens (including phenoxy) is 2. The van der Waals surface area contributed by atoms with Crippen molar-refractivity contribution in [3.05, 3.63) is 0 Å². The normalized spacial score (nSPS) is 18.2. The molecule has 1 atom stereocenters. The van der Waals surface area contributed by atoms with E-state index in [1.165, 1.54) is 14.2 Å². The Bertz CT molecular complexity index is 391. The molecule has 0 spiro atoms. The maximum Gasteiger partial charge on any atom is 0.316 e. The van der Waals surface area contributed by atoms with Gasteiger partial charge in [-0.2, -0.15) is 0 Å². The molecule has 0 aromatic heterocycles. The molecule has 2 saturated carbocycles. The molecule has 2 aliphatic rings. The van der Waals surface area contributed by atoms with Crippen LogP contribution < -0.4 is 0 Å². The van der Waals surface area contributed by atoms with Gasteiger partial charge in [0.2, 0.25) is 0 Å². The van der Waals surface area contributed by atoms with Gasteiger partial charge in [-0.3, -0.25) is 14.4 Å². The zero-order valence-corrected chi connectivity index (χ0v) is 15.8. The van der Waals surface area contributed by atoms with E-state index in [9.17, 15) is 19.5 Å².